The van der Waals surface area contributed by atoms with Crippen LogP contribution in [0.15, 0.2) is 121 Å². The molecule has 0 bridgehead atoms. The van der Waals surface area contributed by atoms with Gasteiger partial charge in [0, 0.05) is 25.6 Å². The SMILES string of the molecule is NC(CC(=O)[C@@H](Cc1ccccc1)N(Cc1ccccc1)Cc1ccccc1)Cc1ccccc1. The fraction of sp³-hybridized carbons (Fsp3) is 0.219. The van der Waals surface area contributed by atoms with Gasteiger partial charge in [0.15, 0.2) is 5.78 Å². The van der Waals surface area contributed by atoms with E-state index in [9.17, 15) is 4.79 Å². The van der Waals surface area contributed by atoms with E-state index in [0.717, 1.165) is 11.1 Å². The van der Waals surface area contributed by atoms with Crippen LogP contribution in [0.4, 0.5) is 0 Å². The summed E-state index contributed by atoms with van der Waals surface area (Å²) in [6, 6.07) is 40.8. The van der Waals surface area contributed by atoms with Crippen molar-refractivity contribution in [3.05, 3.63) is 144 Å². The van der Waals surface area contributed by atoms with Gasteiger partial charge in [-0.2, -0.15) is 0 Å². The summed E-state index contributed by atoms with van der Waals surface area (Å²) in [6.45, 7) is 1.40. The van der Waals surface area contributed by atoms with Crippen LogP contribution in [0.25, 0.3) is 0 Å². The Labute approximate surface area is 209 Å². The van der Waals surface area contributed by atoms with Crippen molar-refractivity contribution in [2.75, 3.05) is 0 Å². The molecule has 0 aromatic heterocycles. The molecule has 4 rings (SSSR count). The Bertz CT molecular complexity index is 1110. The minimum Gasteiger partial charge on any atom is -0.327 e. The molecule has 1 unspecified atom stereocenters. The van der Waals surface area contributed by atoms with Crippen molar-refractivity contribution < 1.29 is 4.79 Å². The number of nitrogens with zero attached hydrogens (tertiary/aromatic N) is 1. The van der Waals surface area contributed by atoms with E-state index in [1.165, 1.54) is 11.1 Å². The molecule has 0 aliphatic carbocycles. The quantitative estimate of drug-likeness (QED) is 0.288. The number of benzene rings is 4. The minimum atomic E-state index is -0.264. The van der Waals surface area contributed by atoms with Gasteiger partial charge in [-0.3, -0.25) is 9.69 Å². The lowest BCUT2D eigenvalue weighted by Gasteiger charge is -2.32. The first-order chi connectivity index (χ1) is 17.2. The van der Waals surface area contributed by atoms with Crippen molar-refractivity contribution in [2.24, 2.45) is 5.73 Å². The molecule has 2 atom stereocenters. The van der Waals surface area contributed by atoms with Gasteiger partial charge in [0.2, 0.25) is 0 Å². The summed E-state index contributed by atoms with van der Waals surface area (Å²) in [5, 5.41) is 0. The second-order valence-electron chi connectivity index (χ2n) is 9.20. The van der Waals surface area contributed by atoms with Gasteiger partial charge in [-0.15, -0.1) is 0 Å². The molecule has 0 saturated carbocycles. The summed E-state index contributed by atoms with van der Waals surface area (Å²) in [6.07, 6.45) is 1.71. The van der Waals surface area contributed by atoms with Gasteiger partial charge in [0.05, 0.1) is 6.04 Å². The largest absolute Gasteiger partial charge is 0.327 e. The third-order valence-electron chi connectivity index (χ3n) is 6.35. The van der Waals surface area contributed by atoms with Crippen LogP contribution in [-0.2, 0) is 30.7 Å². The van der Waals surface area contributed by atoms with E-state index in [4.69, 9.17) is 5.73 Å². The van der Waals surface area contributed by atoms with Crippen LogP contribution in [0.1, 0.15) is 28.7 Å². The molecule has 4 aromatic carbocycles. The van der Waals surface area contributed by atoms with E-state index in [1.807, 2.05) is 48.5 Å². The van der Waals surface area contributed by atoms with Crippen molar-refractivity contribution in [3.63, 3.8) is 0 Å². The molecule has 0 aliphatic rings. The fourth-order valence-corrected chi connectivity index (χ4v) is 4.58. The molecule has 0 fully saturated rings. The first kappa shape index (κ1) is 24.6. The molecule has 0 aliphatic heterocycles. The highest BCUT2D eigenvalue weighted by molar-refractivity contribution is 5.85. The van der Waals surface area contributed by atoms with Gasteiger partial charge in [-0.1, -0.05) is 121 Å². The molecule has 3 heteroatoms. The lowest BCUT2D eigenvalue weighted by Crippen LogP contribution is -2.44. The van der Waals surface area contributed by atoms with Crippen LogP contribution in [0.3, 0.4) is 0 Å². The summed E-state index contributed by atoms with van der Waals surface area (Å²) in [7, 11) is 0. The summed E-state index contributed by atoms with van der Waals surface area (Å²) >= 11 is 0. The Morgan fingerprint density at radius 2 is 0.943 bits per heavy atom. The monoisotopic (exact) mass is 462 g/mol. The van der Waals surface area contributed by atoms with Crippen LogP contribution in [0.2, 0.25) is 0 Å². The Morgan fingerprint density at radius 3 is 1.37 bits per heavy atom. The molecular weight excluding hydrogens is 428 g/mol. The van der Waals surface area contributed by atoms with E-state index >= 15 is 0 Å². The number of carbonyl (C=O) groups is 1. The number of carbonyl (C=O) groups excluding carboxylic acids is 1. The minimum absolute atomic E-state index is 0.198. The average molecular weight is 463 g/mol. The highest BCUT2D eigenvalue weighted by Crippen LogP contribution is 2.20. The van der Waals surface area contributed by atoms with Crippen molar-refractivity contribution in [3.8, 4) is 0 Å². The molecule has 35 heavy (non-hydrogen) atoms. The van der Waals surface area contributed by atoms with Crippen molar-refractivity contribution in [2.45, 2.75) is 44.4 Å². The summed E-state index contributed by atoms with van der Waals surface area (Å²) in [4.78, 5) is 16.2. The number of hydrogen-bond acceptors (Lipinski definition) is 3. The maximum Gasteiger partial charge on any atom is 0.151 e. The van der Waals surface area contributed by atoms with E-state index in [2.05, 4.69) is 77.7 Å². The van der Waals surface area contributed by atoms with E-state index in [1.54, 1.807) is 0 Å². The highest BCUT2D eigenvalue weighted by Gasteiger charge is 2.28. The highest BCUT2D eigenvalue weighted by atomic mass is 16.1. The van der Waals surface area contributed by atoms with Crippen LogP contribution in [0.5, 0.6) is 0 Å². The molecule has 0 heterocycles. The maximum atomic E-state index is 13.8. The maximum absolute atomic E-state index is 13.8. The summed E-state index contributed by atoms with van der Waals surface area (Å²) in [5.74, 6) is 0.198. The van der Waals surface area contributed by atoms with Crippen molar-refractivity contribution in [1.82, 2.24) is 4.90 Å². The zero-order chi connectivity index (χ0) is 24.3. The number of nitrogens with two attached hydrogens (primary N) is 1. The standard InChI is InChI=1S/C32H34N2O/c33-30(21-26-13-5-1-6-14-26)23-32(35)31(22-27-15-7-2-8-16-27)34(24-28-17-9-3-10-18-28)25-29-19-11-4-12-20-29/h1-20,30-31H,21-25,33H2/t30?,31-/m1/s1. The Kier molecular flexibility index (Phi) is 8.99. The van der Waals surface area contributed by atoms with E-state index in [-0.39, 0.29) is 17.9 Å². The topological polar surface area (TPSA) is 46.3 Å². The van der Waals surface area contributed by atoms with Crippen LogP contribution < -0.4 is 5.73 Å². The average Bonchev–Trinajstić information content (AvgIpc) is 2.89. The third kappa shape index (κ3) is 7.74. The Hall–Kier alpha value is -3.53. The molecule has 3 nitrogen and oxygen atoms in total. The number of rotatable bonds is 12. The summed E-state index contributed by atoms with van der Waals surface area (Å²) in [5.41, 5.74) is 11.2. The first-order valence-corrected chi connectivity index (χ1v) is 12.4. The fourth-order valence-electron chi connectivity index (χ4n) is 4.58. The number of hydrogen-bond donors (Lipinski definition) is 1. The van der Waals surface area contributed by atoms with Crippen LogP contribution in [-0.4, -0.2) is 22.8 Å². The van der Waals surface area contributed by atoms with E-state index < -0.39 is 0 Å². The molecule has 0 saturated heterocycles. The molecule has 178 valence electrons. The zero-order valence-corrected chi connectivity index (χ0v) is 20.2. The molecule has 0 spiro atoms. The van der Waals surface area contributed by atoms with Crippen molar-refractivity contribution >= 4 is 5.78 Å². The molecule has 2 N–H and O–H groups in total. The van der Waals surface area contributed by atoms with Gasteiger partial charge in [0.25, 0.3) is 0 Å². The predicted molar refractivity (Wildman–Crippen MR) is 144 cm³/mol. The normalized spacial score (nSPS) is 12.9. The smallest absolute Gasteiger partial charge is 0.151 e. The summed E-state index contributed by atoms with van der Waals surface area (Å²) < 4.78 is 0. The molecular formula is C32H34N2O. The second-order valence-corrected chi connectivity index (χ2v) is 9.20. The lowest BCUT2D eigenvalue weighted by molar-refractivity contribution is -0.125. The van der Waals surface area contributed by atoms with Gasteiger partial charge >= 0.3 is 0 Å². The second kappa shape index (κ2) is 12.8. The molecule has 0 radical (unpaired) electrons. The van der Waals surface area contributed by atoms with Crippen LogP contribution >= 0.6 is 0 Å². The Morgan fingerprint density at radius 1 is 0.571 bits per heavy atom. The number of Topliss-reactive ketones (excluding diaryl/α,β-unsaturated/α-hetero) is 1. The van der Waals surface area contributed by atoms with Gasteiger partial charge in [-0.25, -0.2) is 0 Å². The Balaban J connectivity index is 1.59. The molecule has 4 aromatic rings. The molecule has 0 amide bonds. The third-order valence-corrected chi connectivity index (χ3v) is 6.35. The van der Waals surface area contributed by atoms with Gasteiger partial charge in [0.1, 0.15) is 0 Å². The van der Waals surface area contributed by atoms with E-state index in [0.29, 0.717) is 32.4 Å². The number of ketones is 1. The van der Waals surface area contributed by atoms with Gasteiger partial charge in [-0.05, 0) is 35.1 Å². The van der Waals surface area contributed by atoms with Crippen molar-refractivity contribution in [1.29, 1.82) is 0 Å². The van der Waals surface area contributed by atoms with Gasteiger partial charge < -0.3 is 5.73 Å². The van der Waals surface area contributed by atoms with Crippen LogP contribution in [0, 0.1) is 0 Å². The first-order valence-electron chi connectivity index (χ1n) is 12.4. The predicted octanol–water partition coefficient (Wildman–Crippen LogP) is 5.83. The lowest BCUT2D eigenvalue weighted by atomic mass is 9.93. The zero-order valence-electron chi connectivity index (χ0n) is 20.2.